The maximum Gasteiger partial charge on any atom is 0.00413 e. The van der Waals surface area contributed by atoms with Crippen LogP contribution in [-0.2, 0) is 0 Å². The molecule has 2 heteroatoms. The van der Waals surface area contributed by atoms with Crippen molar-refractivity contribution in [3.63, 3.8) is 0 Å². The van der Waals surface area contributed by atoms with Gasteiger partial charge in [-0.3, -0.25) is 0 Å². The third-order valence-corrected chi connectivity index (χ3v) is 3.85. The SMILES string of the molecule is CSCCCCCCNC(C)CC1CC1. The molecule has 1 N–H and O–H groups in total. The molecule has 0 amide bonds. The lowest BCUT2D eigenvalue weighted by Crippen LogP contribution is -2.27. The van der Waals surface area contributed by atoms with E-state index in [2.05, 4.69) is 18.5 Å². The first-order valence-electron chi connectivity index (χ1n) is 6.55. The highest BCUT2D eigenvalue weighted by molar-refractivity contribution is 7.98. The summed E-state index contributed by atoms with van der Waals surface area (Å²) in [5.41, 5.74) is 0. The summed E-state index contributed by atoms with van der Waals surface area (Å²) in [6, 6.07) is 0.753. The van der Waals surface area contributed by atoms with Crippen LogP contribution >= 0.6 is 11.8 Å². The van der Waals surface area contributed by atoms with Crippen LogP contribution in [0.15, 0.2) is 0 Å². The minimum absolute atomic E-state index is 0.753. The lowest BCUT2D eigenvalue weighted by molar-refractivity contribution is 0.474. The summed E-state index contributed by atoms with van der Waals surface area (Å²) >= 11 is 1.97. The molecule has 15 heavy (non-hydrogen) atoms. The Labute approximate surface area is 99.8 Å². The first-order valence-corrected chi connectivity index (χ1v) is 7.94. The predicted octanol–water partition coefficient (Wildman–Crippen LogP) is 3.69. The fraction of sp³-hybridized carbons (Fsp3) is 1.00. The number of nitrogens with one attached hydrogen (secondary N) is 1. The van der Waals surface area contributed by atoms with Crippen molar-refractivity contribution in [2.24, 2.45) is 5.92 Å². The van der Waals surface area contributed by atoms with Gasteiger partial charge in [-0.25, -0.2) is 0 Å². The predicted molar refractivity (Wildman–Crippen MR) is 71.7 cm³/mol. The van der Waals surface area contributed by atoms with Gasteiger partial charge in [-0.15, -0.1) is 0 Å². The number of thioether (sulfide) groups is 1. The molecule has 0 aromatic rings. The van der Waals surface area contributed by atoms with Gasteiger partial charge in [-0.1, -0.05) is 25.7 Å². The van der Waals surface area contributed by atoms with Gasteiger partial charge < -0.3 is 5.32 Å². The molecule has 0 spiro atoms. The van der Waals surface area contributed by atoms with E-state index in [-0.39, 0.29) is 0 Å². The van der Waals surface area contributed by atoms with Crippen LogP contribution in [0.2, 0.25) is 0 Å². The first kappa shape index (κ1) is 13.4. The van der Waals surface area contributed by atoms with Crippen LogP contribution in [0.4, 0.5) is 0 Å². The Kier molecular flexibility index (Phi) is 7.54. The molecule has 0 aromatic carbocycles. The highest BCUT2D eigenvalue weighted by Crippen LogP contribution is 2.33. The van der Waals surface area contributed by atoms with Crippen molar-refractivity contribution in [1.29, 1.82) is 0 Å². The van der Waals surface area contributed by atoms with Crippen LogP contribution < -0.4 is 5.32 Å². The van der Waals surface area contributed by atoms with Gasteiger partial charge in [0.1, 0.15) is 0 Å². The van der Waals surface area contributed by atoms with Gasteiger partial charge in [0.25, 0.3) is 0 Å². The van der Waals surface area contributed by atoms with E-state index in [1.54, 1.807) is 0 Å². The summed E-state index contributed by atoms with van der Waals surface area (Å²) in [5, 5.41) is 3.64. The molecule has 1 aliphatic carbocycles. The molecule has 0 heterocycles. The zero-order valence-electron chi connectivity index (χ0n) is 10.4. The van der Waals surface area contributed by atoms with Crippen LogP contribution in [0.25, 0.3) is 0 Å². The van der Waals surface area contributed by atoms with E-state index in [4.69, 9.17) is 0 Å². The molecule has 1 aliphatic rings. The Hall–Kier alpha value is 0.310. The standard InChI is InChI=1S/C13H27NS/c1-12(11-13-7-8-13)14-9-5-3-4-6-10-15-2/h12-14H,3-11H2,1-2H3. The Balaban J connectivity index is 1.75. The van der Waals surface area contributed by atoms with Gasteiger partial charge in [0.15, 0.2) is 0 Å². The monoisotopic (exact) mass is 229 g/mol. The van der Waals surface area contributed by atoms with Gasteiger partial charge in [-0.2, -0.15) is 11.8 Å². The Morgan fingerprint density at radius 1 is 1.20 bits per heavy atom. The molecule has 1 atom stereocenters. The molecular formula is C13H27NS. The summed E-state index contributed by atoms with van der Waals surface area (Å²) in [7, 11) is 0. The quantitative estimate of drug-likeness (QED) is 0.573. The lowest BCUT2D eigenvalue weighted by Gasteiger charge is -2.12. The number of unbranched alkanes of at least 4 members (excludes halogenated alkanes) is 3. The maximum absolute atomic E-state index is 3.64. The topological polar surface area (TPSA) is 12.0 Å². The Morgan fingerprint density at radius 2 is 1.93 bits per heavy atom. The molecule has 1 nitrogen and oxygen atoms in total. The fourth-order valence-electron chi connectivity index (χ4n) is 2.01. The third kappa shape index (κ3) is 8.15. The van der Waals surface area contributed by atoms with Crippen molar-refractivity contribution >= 4 is 11.8 Å². The Bertz CT molecular complexity index is 145. The van der Waals surface area contributed by atoms with Crippen molar-refractivity contribution < 1.29 is 0 Å². The summed E-state index contributed by atoms with van der Waals surface area (Å²) in [4.78, 5) is 0. The van der Waals surface area contributed by atoms with Gasteiger partial charge in [-0.05, 0) is 50.7 Å². The van der Waals surface area contributed by atoms with E-state index in [0.29, 0.717) is 0 Å². The Morgan fingerprint density at radius 3 is 2.60 bits per heavy atom. The molecule has 0 aliphatic heterocycles. The molecule has 1 unspecified atom stereocenters. The fourth-order valence-corrected chi connectivity index (χ4v) is 2.50. The second kappa shape index (κ2) is 8.46. The average Bonchev–Trinajstić information content (AvgIpc) is 3.00. The zero-order valence-corrected chi connectivity index (χ0v) is 11.2. The lowest BCUT2D eigenvalue weighted by atomic mass is 10.1. The van der Waals surface area contributed by atoms with Crippen LogP contribution in [-0.4, -0.2) is 24.6 Å². The van der Waals surface area contributed by atoms with Gasteiger partial charge >= 0.3 is 0 Å². The second-order valence-corrected chi connectivity index (χ2v) is 5.93. The summed E-state index contributed by atoms with van der Waals surface area (Å²) in [5.74, 6) is 2.40. The smallest absolute Gasteiger partial charge is 0.00413 e. The average molecular weight is 229 g/mol. The molecule has 1 saturated carbocycles. The van der Waals surface area contributed by atoms with Crippen molar-refractivity contribution in [3.05, 3.63) is 0 Å². The largest absolute Gasteiger partial charge is 0.314 e. The highest BCUT2D eigenvalue weighted by atomic mass is 32.2. The number of hydrogen-bond acceptors (Lipinski definition) is 2. The van der Waals surface area contributed by atoms with Crippen molar-refractivity contribution in [3.8, 4) is 0 Å². The van der Waals surface area contributed by atoms with E-state index < -0.39 is 0 Å². The second-order valence-electron chi connectivity index (χ2n) is 4.94. The summed E-state index contributed by atoms with van der Waals surface area (Å²) < 4.78 is 0. The van der Waals surface area contributed by atoms with E-state index in [9.17, 15) is 0 Å². The number of hydrogen-bond donors (Lipinski definition) is 1. The van der Waals surface area contributed by atoms with E-state index >= 15 is 0 Å². The van der Waals surface area contributed by atoms with E-state index in [1.165, 1.54) is 57.2 Å². The van der Waals surface area contributed by atoms with Crippen molar-refractivity contribution in [2.75, 3.05) is 18.6 Å². The number of rotatable bonds is 10. The third-order valence-electron chi connectivity index (χ3n) is 3.15. The molecule has 0 bridgehead atoms. The molecule has 0 aromatic heterocycles. The molecule has 0 saturated heterocycles. The zero-order chi connectivity index (χ0) is 10.9. The summed E-state index contributed by atoms with van der Waals surface area (Å²) in [6.45, 7) is 3.57. The molecule has 90 valence electrons. The van der Waals surface area contributed by atoms with Crippen LogP contribution in [0.3, 0.4) is 0 Å². The minimum Gasteiger partial charge on any atom is -0.314 e. The van der Waals surface area contributed by atoms with Crippen LogP contribution in [0, 0.1) is 5.92 Å². The van der Waals surface area contributed by atoms with Crippen LogP contribution in [0.1, 0.15) is 51.9 Å². The van der Waals surface area contributed by atoms with Crippen molar-refractivity contribution in [2.45, 2.75) is 57.9 Å². The van der Waals surface area contributed by atoms with Crippen molar-refractivity contribution in [1.82, 2.24) is 5.32 Å². The van der Waals surface area contributed by atoms with Crippen LogP contribution in [0.5, 0.6) is 0 Å². The molecule has 1 fully saturated rings. The van der Waals surface area contributed by atoms with Gasteiger partial charge in [0.2, 0.25) is 0 Å². The summed E-state index contributed by atoms with van der Waals surface area (Å²) in [6.07, 6.45) is 12.2. The van der Waals surface area contributed by atoms with E-state index in [0.717, 1.165) is 12.0 Å². The maximum atomic E-state index is 3.64. The van der Waals surface area contributed by atoms with Gasteiger partial charge in [0.05, 0.1) is 0 Å². The molecule has 1 rings (SSSR count). The molecule has 0 radical (unpaired) electrons. The van der Waals surface area contributed by atoms with E-state index in [1.807, 2.05) is 11.8 Å². The first-order chi connectivity index (χ1) is 7.33. The van der Waals surface area contributed by atoms with Gasteiger partial charge in [0, 0.05) is 6.04 Å². The highest BCUT2D eigenvalue weighted by Gasteiger charge is 2.22. The normalized spacial score (nSPS) is 18.0. The minimum atomic E-state index is 0.753. The molecular weight excluding hydrogens is 202 g/mol.